The smallest absolute Gasteiger partial charge is 0.462 e. The molecule has 230 valence electrons. The van der Waals surface area contributed by atoms with Gasteiger partial charge in [0.15, 0.2) is 6.10 Å². The molecule has 0 spiro atoms. The van der Waals surface area contributed by atoms with Gasteiger partial charge in [0.25, 0.3) is 0 Å². The van der Waals surface area contributed by atoms with E-state index in [9.17, 15) is 14.2 Å². The van der Waals surface area contributed by atoms with E-state index in [4.69, 9.17) is 19.3 Å². The second-order valence-electron chi connectivity index (χ2n) is 10.4. The van der Waals surface area contributed by atoms with E-state index in [1.165, 1.54) is 70.6 Å². The summed E-state index contributed by atoms with van der Waals surface area (Å²) < 4.78 is 26.1. The van der Waals surface area contributed by atoms with Crippen molar-refractivity contribution in [2.24, 2.45) is 0 Å². The summed E-state index contributed by atoms with van der Waals surface area (Å²) in [5, 5.41) is 0. The van der Waals surface area contributed by atoms with Crippen LogP contribution in [-0.4, -0.2) is 41.0 Å². The lowest BCUT2D eigenvalue weighted by molar-refractivity contribution is -0.161. The molecule has 0 aromatic heterocycles. The quantitative estimate of drug-likeness (QED) is 0.0413. The normalized spacial score (nSPS) is 12.6. The van der Waals surface area contributed by atoms with Crippen LogP contribution in [0.4, 0.5) is 0 Å². The van der Waals surface area contributed by atoms with Crippen molar-refractivity contribution < 1.29 is 37.9 Å². The lowest BCUT2D eigenvalue weighted by Crippen LogP contribution is -2.29. The number of phosphoric ester groups is 1. The number of hydrogen-bond acceptors (Lipinski definition) is 6. The van der Waals surface area contributed by atoms with Gasteiger partial charge >= 0.3 is 19.8 Å². The number of hydrogen-bond donors (Lipinski definition) is 2. The van der Waals surface area contributed by atoms with E-state index in [2.05, 4.69) is 30.5 Å². The molecule has 0 heterocycles. The Hall–Kier alpha value is -1.21. The van der Waals surface area contributed by atoms with E-state index in [0.717, 1.165) is 44.9 Å². The molecule has 1 atom stereocenters. The fourth-order valence-corrected chi connectivity index (χ4v) is 4.55. The van der Waals surface area contributed by atoms with Crippen molar-refractivity contribution >= 4 is 19.8 Å². The standard InChI is InChI=1S/C30H57O8P/c1-3-5-7-9-11-13-14-15-16-17-19-21-23-25-30(32)38-28(27-37-39(33,34)35)26-36-29(31)24-22-20-18-12-10-8-6-4-2/h15-16,28H,3-14,17-27H2,1-2H3,(H2,33,34,35)/b16-15+/t28-/m1/s1. The number of ether oxygens (including phenoxy) is 2. The number of unbranched alkanes of at least 4 members (excludes halogenated alkanes) is 16. The molecule has 0 aliphatic carbocycles. The third kappa shape index (κ3) is 29.6. The summed E-state index contributed by atoms with van der Waals surface area (Å²) in [7, 11) is -4.74. The van der Waals surface area contributed by atoms with E-state index in [0.29, 0.717) is 6.42 Å². The lowest BCUT2D eigenvalue weighted by atomic mass is 10.1. The number of allylic oxidation sites excluding steroid dienone is 2. The van der Waals surface area contributed by atoms with Gasteiger partial charge in [-0.15, -0.1) is 0 Å². The van der Waals surface area contributed by atoms with Gasteiger partial charge in [-0.25, -0.2) is 4.57 Å². The summed E-state index contributed by atoms with van der Waals surface area (Å²) >= 11 is 0. The number of esters is 2. The van der Waals surface area contributed by atoms with Crippen LogP contribution >= 0.6 is 7.82 Å². The molecule has 0 rings (SSSR count). The highest BCUT2D eigenvalue weighted by Gasteiger charge is 2.22. The van der Waals surface area contributed by atoms with Gasteiger partial charge in [-0.05, 0) is 38.5 Å². The summed E-state index contributed by atoms with van der Waals surface area (Å²) in [6.45, 7) is 3.59. The van der Waals surface area contributed by atoms with Crippen LogP contribution in [0.1, 0.15) is 149 Å². The molecule has 0 aliphatic heterocycles. The first kappa shape index (κ1) is 37.8. The molecule has 8 nitrogen and oxygen atoms in total. The maximum absolute atomic E-state index is 12.2. The Labute approximate surface area is 237 Å². The number of rotatable bonds is 28. The molecule has 0 aromatic carbocycles. The van der Waals surface area contributed by atoms with Gasteiger partial charge in [0.05, 0.1) is 6.61 Å². The molecule has 0 amide bonds. The minimum absolute atomic E-state index is 0.195. The van der Waals surface area contributed by atoms with Gasteiger partial charge in [-0.3, -0.25) is 14.1 Å². The van der Waals surface area contributed by atoms with Crippen molar-refractivity contribution in [2.45, 2.75) is 155 Å². The molecule has 39 heavy (non-hydrogen) atoms. The molecule has 0 bridgehead atoms. The maximum Gasteiger partial charge on any atom is 0.469 e. The van der Waals surface area contributed by atoms with Crippen LogP contribution in [0.3, 0.4) is 0 Å². The SMILES string of the molecule is CCCCCCCC/C=C/CCCCCC(=O)O[C@H](COC(=O)CCCCCCCCCC)COP(=O)(O)O. The Kier molecular flexibility index (Phi) is 26.1. The lowest BCUT2D eigenvalue weighted by Gasteiger charge is -2.18. The molecule has 0 aliphatic rings. The topological polar surface area (TPSA) is 119 Å². The average molecular weight is 577 g/mol. The van der Waals surface area contributed by atoms with Crippen LogP contribution in [0.15, 0.2) is 12.2 Å². The molecule has 0 aromatic rings. The zero-order valence-corrected chi connectivity index (χ0v) is 25.7. The first-order valence-electron chi connectivity index (χ1n) is 15.5. The molecule has 0 unspecified atom stereocenters. The van der Waals surface area contributed by atoms with Crippen LogP contribution in [0.25, 0.3) is 0 Å². The predicted molar refractivity (Wildman–Crippen MR) is 156 cm³/mol. The highest BCUT2D eigenvalue weighted by atomic mass is 31.2. The summed E-state index contributed by atoms with van der Waals surface area (Å²) in [5.41, 5.74) is 0. The van der Waals surface area contributed by atoms with Crippen LogP contribution in [0.2, 0.25) is 0 Å². The van der Waals surface area contributed by atoms with E-state index in [1.54, 1.807) is 0 Å². The minimum Gasteiger partial charge on any atom is -0.462 e. The molecule has 0 fully saturated rings. The Morgan fingerprint density at radius 3 is 1.59 bits per heavy atom. The zero-order valence-electron chi connectivity index (χ0n) is 24.8. The van der Waals surface area contributed by atoms with Crippen molar-refractivity contribution in [3.8, 4) is 0 Å². The Balaban J connectivity index is 4.07. The van der Waals surface area contributed by atoms with Crippen molar-refractivity contribution in [2.75, 3.05) is 13.2 Å². The second-order valence-corrected chi connectivity index (χ2v) is 11.7. The van der Waals surface area contributed by atoms with Crippen molar-refractivity contribution in [3.05, 3.63) is 12.2 Å². The molecule has 0 saturated carbocycles. The van der Waals surface area contributed by atoms with Gasteiger partial charge < -0.3 is 19.3 Å². The van der Waals surface area contributed by atoms with Crippen LogP contribution < -0.4 is 0 Å². The molecule has 0 radical (unpaired) electrons. The maximum atomic E-state index is 12.2. The highest BCUT2D eigenvalue weighted by Crippen LogP contribution is 2.35. The van der Waals surface area contributed by atoms with E-state index in [1.807, 2.05) is 0 Å². The fraction of sp³-hybridized carbons (Fsp3) is 0.867. The Bertz CT molecular complexity index is 661. The first-order chi connectivity index (χ1) is 18.8. The molecule has 0 saturated heterocycles. The molecular formula is C30H57O8P. The number of phosphoric acid groups is 1. The zero-order chi connectivity index (χ0) is 29.0. The first-order valence-corrected chi connectivity index (χ1v) is 17.0. The predicted octanol–water partition coefficient (Wildman–Crippen LogP) is 8.34. The van der Waals surface area contributed by atoms with Crippen molar-refractivity contribution in [1.29, 1.82) is 0 Å². The van der Waals surface area contributed by atoms with Gasteiger partial charge in [0, 0.05) is 12.8 Å². The van der Waals surface area contributed by atoms with Gasteiger partial charge in [-0.1, -0.05) is 109 Å². The van der Waals surface area contributed by atoms with E-state index < -0.39 is 32.5 Å². The summed E-state index contributed by atoms with van der Waals surface area (Å²) in [4.78, 5) is 42.3. The molecular weight excluding hydrogens is 519 g/mol. The van der Waals surface area contributed by atoms with Gasteiger partial charge in [0.2, 0.25) is 0 Å². The minimum atomic E-state index is -4.74. The second kappa shape index (κ2) is 27.0. The van der Waals surface area contributed by atoms with Crippen LogP contribution in [0.5, 0.6) is 0 Å². The average Bonchev–Trinajstić information content (AvgIpc) is 2.89. The molecule has 9 heteroatoms. The van der Waals surface area contributed by atoms with Crippen LogP contribution in [0, 0.1) is 0 Å². The largest absolute Gasteiger partial charge is 0.469 e. The monoisotopic (exact) mass is 576 g/mol. The number of carbonyl (C=O) groups is 2. The summed E-state index contributed by atoms with van der Waals surface area (Å²) in [6.07, 6.45) is 25.2. The Morgan fingerprint density at radius 1 is 0.641 bits per heavy atom. The third-order valence-electron chi connectivity index (χ3n) is 6.53. The molecule has 2 N–H and O–H groups in total. The van der Waals surface area contributed by atoms with Crippen molar-refractivity contribution in [3.63, 3.8) is 0 Å². The van der Waals surface area contributed by atoms with Gasteiger partial charge in [-0.2, -0.15) is 0 Å². The van der Waals surface area contributed by atoms with E-state index >= 15 is 0 Å². The Morgan fingerprint density at radius 2 is 1.08 bits per heavy atom. The highest BCUT2D eigenvalue weighted by molar-refractivity contribution is 7.46. The summed E-state index contributed by atoms with van der Waals surface area (Å²) in [6, 6.07) is 0. The number of carbonyl (C=O) groups excluding carboxylic acids is 2. The third-order valence-corrected chi connectivity index (χ3v) is 7.02. The van der Waals surface area contributed by atoms with Crippen molar-refractivity contribution in [1.82, 2.24) is 0 Å². The summed E-state index contributed by atoms with van der Waals surface area (Å²) in [5.74, 6) is -0.908. The van der Waals surface area contributed by atoms with Gasteiger partial charge in [0.1, 0.15) is 6.61 Å². The van der Waals surface area contributed by atoms with Crippen LogP contribution in [-0.2, 0) is 28.2 Å². The fourth-order valence-electron chi connectivity index (χ4n) is 4.19. The van der Waals surface area contributed by atoms with E-state index in [-0.39, 0.29) is 19.4 Å².